The molecular formula is C18H18BrNO5. The number of carbonyl (C=O) groups excluding carboxylic acids is 3. The molecule has 0 aromatic heterocycles. The second-order valence-electron chi connectivity index (χ2n) is 6.98. The topological polar surface area (TPSA) is 81.7 Å². The molecule has 2 bridgehead atoms. The molecule has 4 rings (SSSR count). The Morgan fingerprint density at radius 2 is 2.00 bits per heavy atom. The van der Waals surface area contributed by atoms with Crippen molar-refractivity contribution < 1.29 is 23.9 Å². The number of fused-ring (bicyclic) bond motifs is 1. The summed E-state index contributed by atoms with van der Waals surface area (Å²) in [5.41, 5.74) is 1.74. The van der Waals surface area contributed by atoms with Crippen molar-refractivity contribution >= 4 is 39.5 Å². The molecule has 25 heavy (non-hydrogen) atoms. The number of carbonyl (C=O) groups is 3. The molecule has 6 atom stereocenters. The molecule has 0 radical (unpaired) electrons. The first-order chi connectivity index (χ1) is 12.0. The number of hydrogen-bond donors (Lipinski definition) is 1. The normalized spacial score (nSPS) is 34.7. The zero-order valence-electron chi connectivity index (χ0n) is 13.6. The number of esters is 2. The maximum Gasteiger partial charge on any atom is 0.310 e. The van der Waals surface area contributed by atoms with E-state index in [-0.39, 0.29) is 35.3 Å². The Morgan fingerprint density at radius 3 is 2.72 bits per heavy atom. The monoisotopic (exact) mass is 407 g/mol. The van der Waals surface area contributed by atoms with E-state index in [1.54, 1.807) is 12.1 Å². The molecule has 1 amide bonds. The minimum Gasteiger partial charge on any atom is -0.461 e. The van der Waals surface area contributed by atoms with Gasteiger partial charge in [-0.1, -0.05) is 33.6 Å². The average Bonchev–Trinajstić information content (AvgIpc) is 3.19. The predicted molar refractivity (Wildman–Crippen MR) is 91.9 cm³/mol. The van der Waals surface area contributed by atoms with Crippen molar-refractivity contribution in [2.45, 2.75) is 24.3 Å². The molecule has 0 spiro atoms. The molecule has 6 nitrogen and oxygen atoms in total. The second-order valence-corrected chi connectivity index (χ2v) is 8.04. The first kappa shape index (κ1) is 16.6. The number of ether oxygens (including phenoxy) is 2. The number of benzene rings is 1. The number of nitrogens with one attached hydrogen (secondary N) is 1. The van der Waals surface area contributed by atoms with Gasteiger partial charge in [0.05, 0.1) is 16.7 Å². The minimum absolute atomic E-state index is 0.0147. The van der Waals surface area contributed by atoms with Crippen molar-refractivity contribution in [2.75, 3.05) is 11.9 Å². The van der Waals surface area contributed by atoms with E-state index in [1.807, 2.05) is 19.1 Å². The van der Waals surface area contributed by atoms with Crippen LogP contribution in [0.4, 0.5) is 5.69 Å². The van der Waals surface area contributed by atoms with Gasteiger partial charge < -0.3 is 14.8 Å². The highest BCUT2D eigenvalue weighted by atomic mass is 79.9. The summed E-state index contributed by atoms with van der Waals surface area (Å²) >= 11 is 3.55. The third-order valence-corrected chi connectivity index (χ3v) is 6.68. The van der Waals surface area contributed by atoms with Gasteiger partial charge in [-0.25, -0.2) is 0 Å². The van der Waals surface area contributed by atoms with E-state index < -0.39 is 23.7 Å². The zero-order chi connectivity index (χ0) is 17.7. The van der Waals surface area contributed by atoms with E-state index in [1.165, 1.54) is 0 Å². The highest BCUT2D eigenvalue weighted by molar-refractivity contribution is 9.09. The van der Waals surface area contributed by atoms with Gasteiger partial charge in [0.2, 0.25) is 0 Å². The average molecular weight is 408 g/mol. The van der Waals surface area contributed by atoms with Gasteiger partial charge in [0.15, 0.2) is 6.61 Å². The third-order valence-electron chi connectivity index (χ3n) is 5.48. The minimum atomic E-state index is -0.521. The number of halogens is 1. The summed E-state index contributed by atoms with van der Waals surface area (Å²) in [5.74, 6) is -2.03. The zero-order valence-corrected chi connectivity index (χ0v) is 15.2. The molecule has 132 valence electrons. The Morgan fingerprint density at radius 1 is 1.28 bits per heavy atom. The van der Waals surface area contributed by atoms with Crippen LogP contribution < -0.4 is 5.32 Å². The van der Waals surface area contributed by atoms with Crippen LogP contribution in [-0.2, 0) is 23.9 Å². The lowest BCUT2D eigenvalue weighted by molar-refractivity contribution is -0.157. The number of hydrogen-bond acceptors (Lipinski definition) is 5. The standard InChI is InChI=1S/C18H18BrNO5/c1-8-2-4-9(5-3-8)20-12(21)7-24-17(22)13-10-6-11-14(13)18(23)25-16(11)15(10)19/h2-5,10-11,13-16H,6-7H2,1H3,(H,20,21)/t10-,11-,13-,14-,15-,16+/m1/s1. The summed E-state index contributed by atoms with van der Waals surface area (Å²) in [6.45, 7) is 1.59. The van der Waals surface area contributed by atoms with Crippen LogP contribution in [-0.4, -0.2) is 35.4 Å². The molecule has 2 saturated carbocycles. The molecule has 3 fully saturated rings. The van der Waals surface area contributed by atoms with Crippen molar-refractivity contribution in [3.05, 3.63) is 29.8 Å². The fraction of sp³-hybridized carbons (Fsp3) is 0.500. The van der Waals surface area contributed by atoms with Gasteiger partial charge in [0, 0.05) is 11.6 Å². The van der Waals surface area contributed by atoms with Gasteiger partial charge >= 0.3 is 11.9 Å². The maximum absolute atomic E-state index is 12.5. The number of aryl methyl sites for hydroxylation is 1. The Kier molecular flexibility index (Phi) is 4.06. The van der Waals surface area contributed by atoms with Gasteiger partial charge in [-0.05, 0) is 31.4 Å². The Bertz CT molecular complexity index is 733. The van der Waals surface area contributed by atoms with Crippen LogP contribution in [0.15, 0.2) is 24.3 Å². The Balaban J connectivity index is 1.35. The first-order valence-electron chi connectivity index (χ1n) is 8.33. The third kappa shape index (κ3) is 2.74. The van der Waals surface area contributed by atoms with Crippen molar-refractivity contribution in [3.63, 3.8) is 0 Å². The fourth-order valence-electron chi connectivity index (χ4n) is 4.36. The summed E-state index contributed by atoms with van der Waals surface area (Å²) in [6.07, 6.45) is 0.656. The van der Waals surface area contributed by atoms with Crippen molar-refractivity contribution in [3.8, 4) is 0 Å². The van der Waals surface area contributed by atoms with E-state index >= 15 is 0 Å². The van der Waals surface area contributed by atoms with E-state index in [2.05, 4.69) is 21.2 Å². The highest BCUT2D eigenvalue weighted by Crippen LogP contribution is 2.60. The largest absolute Gasteiger partial charge is 0.461 e. The molecule has 1 aliphatic heterocycles. The molecule has 3 aliphatic rings. The van der Waals surface area contributed by atoms with Gasteiger partial charge in [0.25, 0.3) is 5.91 Å². The summed E-state index contributed by atoms with van der Waals surface area (Å²) in [6, 6.07) is 7.34. The fourth-order valence-corrected chi connectivity index (χ4v) is 5.41. The van der Waals surface area contributed by atoms with Crippen LogP contribution in [0.3, 0.4) is 0 Å². The first-order valence-corrected chi connectivity index (χ1v) is 9.25. The van der Waals surface area contributed by atoms with Crippen LogP contribution in [0, 0.1) is 30.6 Å². The summed E-state index contributed by atoms with van der Waals surface area (Å²) in [7, 11) is 0. The number of rotatable bonds is 4. The summed E-state index contributed by atoms with van der Waals surface area (Å²) < 4.78 is 10.6. The summed E-state index contributed by atoms with van der Waals surface area (Å²) in [4.78, 5) is 36.5. The van der Waals surface area contributed by atoms with E-state index in [9.17, 15) is 14.4 Å². The van der Waals surface area contributed by atoms with Gasteiger partial charge in [-0.2, -0.15) is 0 Å². The number of alkyl halides is 1. The van der Waals surface area contributed by atoms with Crippen molar-refractivity contribution in [1.29, 1.82) is 0 Å². The molecule has 0 unspecified atom stereocenters. The van der Waals surface area contributed by atoms with Gasteiger partial charge in [0.1, 0.15) is 6.10 Å². The van der Waals surface area contributed by atoms with Crippen molar-refractivity contribution in [1.82, 2.24) is 0 Å². The van der Waals surface area contributed by atoms with Crippen LogP contribution >= 0.6 is 15.9 Å². The van der Waals surface area contributed by atoms with Gasteiger partial charge in [-0.3, -0.25) is 14.4 Å². The van der Waals surface area contributed by atoms with E-state index in [0.29, 0.717) is 5.69 Å². The van der Waals surface area contributed by atoms with E-state index in [0.717, 1.165) is 12.0 Å². The number of amides is 1. The van der Waals surface area contributed by atoms with E-state index in [4.69, 9.17) is 9.47 Å². The second kappa shape index (κ2) is 6.12. The lowest BCUT2D eigenvalue weighted by Gasteiger charge is -2.26. The molecule has 1 heterocycles. The molecule has 1 aromatic carbocycles. The Hall–Kier alpha value is -1.89. The molecule has 1 saturated heterocycles. The Labute approximate surface area is 153 Å². The lowest BCUT2D eigenvalue weighted by Crippen LogP contribution is -2.39. The lowest BCUT2D eigenvalue weighted by atomic mass is 9.80. The van der Waals surface area contributed by atoms with Crippen LogP contribution in [0.1, 0.15) is 12.0 Å². The van der Waals surface area contributed by atoms with Crippen LogP contribution in [0.2, 0.25) is 0 Å². The van der Waals surface area contributed by atoms with Crippen LogP contribution in [0.25, 0.3) is 0 Å². The molecule has 7 heteroatoms. The van der Waals surface area contributed by atoms with Gasteiger partial charge in [-0.15, -0.1) is 0 Å². The maximum atomic E-state index is 12.5. The predicted octanol–water partition coefficient (Wildman–Crippen LogP) is 2.05. The smallest absolute Gasteiger partial charge is 0.310 e. The SMILES string of the molecule is Cc1ccc(NC(=O)COC(=O)[C@@H]2[C@H]3C[C@H]4[C@H](OC(=O)[C@H]42)[C@@H]3Br)cc1. The highest BCUT2D eigenvalue weighted by Gasteiger charge is 2.68. The van der Waals surface area contributed by atoms with Crippen LogP contribution in [0.5, 0.6) is 0 Å². The van der Waals surface area contributed by atoms with Crippen molar-refractivity contribution in [2.24, 2.45) is 23.7 Å². The molecule has 1 N–H and O–H groups in total. The quantitative estimate of drug-likeness (QED) is 0.609. The molecular weight excluding hydrogens is 390 g/mol. The number of anilines is 1. The molecule has 2 aliphatic carbocycles. The summed E-state index contributed by atoms with van der Waals surface area (Å²) in [5, 5.41) is 2.68. The molecule has 1 aromatic rings.